The van der Waals surface area contributed by atoms with Crippen molar-refractivity contribution in [3.05, 3.63) is 11.6 Å². The normalized spacial score (nSPS) is 25.2. The third-order valence-corrected chi connectivity index (χ3v) is 19.1. The van der Waals surface area contributed by atoms with E-state index in [1.807, 2.05) is 4.57 Å². The van der Waals surface area contributed by atoms with Gasteiger partial charge in [-0.2, -0.15) is 9.97 Å². The topological polar surface area (TPSA) is 111 Å². The number of fused-ring (bicyclic) bond motifs is 1. The molecule has 0 radical (unpaired) electrons. The Labute approximate surface area is 237 Å². The minimum absolute atomic E-state index is 0.0745. The van der Waals surface area contributed by atoms with Crippen molar-refractivity contribution in [1.29, 1.82) is 0 Å². The second kappa shape index (κ2) is 10.0. The van der Waals surface area contributed by atoms with Gasteiger partial charge in [0.1, 0.15) is 16.7 Å². The smallest absolute Gasteiger partial charge is 0.319 e. The Kier molecular flexibility index (Phi) is 7.86. The summed E-state index contributed by atoms with van der Waals surface area (Å²) in [5.41, 5.74) is 1.18. The van der Waals surface area contributed by atoms with Crippen LogP contribution >= 0.6 is 23.4 Å². The molecule has 2 aliphatic rings. The average Bonchev–Trinajstić information content (AvgIpc) is 3.36. The number of aromatic nitrogens is 4. The molecule has 212 valence electrons. The predicted octanol–water partition coefficient (Wildman–Crippen LogP) is 6.53. The molecular weight excluding hydrogens is 558 g/mol. The fourth-order valence-electron chi connectivity index (χ4n) is 3.95. The minimum atomic E-state index is -2.34. The van der Waals surface area contributed by atoms with Gasteiger partial charge in [0, 0.05) is 6.04 Å². The molecule has 2 N–H and O–H groups in total. The summed E-state index contributed by atoms with van der Waals surface area (Å²) in [5, 5.41) is 12.5. The standard InChI is InChI=1S/C25H42ClN5O4SSi2/c1-24(2,3)37(7,8)34-16-17(35-38(9,10)25(4,5)6)21(36-18(16)22(32)33)31-13-27-15-19(28-14-11-12-14)29-23(26)30-20(15)31/h13-14,16-18,21H,11-12H2,1-10H3,(H,32,33)(H,28,29,30)/t16-,17+,18-,21+/m0/s1. The number of carboxylic acid groups (broad SMARTS) is 1. The van der Waals surface area contributed by atoms with Crippen LogP contribution in [0, 0.1) is 0 Å². The van der Waals surface area contributed by atoms with Crippen LogP contribution in [0.5, 0.6) is 0 Å². The number of imidazole rings is 1. The maximum Gasteiger partial charge on any atom is 0.319 e. The van der Waals surface area contributed by atoms with Crippen molar-refractivity contribution in [1.82, 2.24) is 19.5 Å². The lowest BCUT2D eigenvalue weighted by molar-refractivity contribution is -0.139. The SMILES string of the molecule is CC(C)(C)[Si](C)(C)O[C@@H]1[C@H](O[Si](C)(C)C(C)(C)C)[C@@H](C(=O)O)S[C@H]1n1cnc2c(NC3CC3)nc(Cl)nc21. The largest absolute Gasteiger partial charge is 0.480 e. The van der Waals surface area contributed by atoms with Crippen LogP contribution in [-0.4, -0.2) is 70.7 Å². The van der Waals surface area contributed by atoms with Crippen LogP contribution in [0.15, 0.2) is 6.33 Å². The molecule has 0 spiro atoms. The highest BCUT2D eigenvalue weighted by atomic mass is 35.5. The van der Waals surface area contributed by atoms with Gasteiger partial charge in [-0.25, -0.2) is 4.98 Å². The molecule has 1 saturated heterocycles. The third-order valence-electron chi connectivity index (χ3n) is 8.49. The number of halogens is 1. The van der Waals surface area contributed by atoms with Crippen LogP contribution in [0.3, 0.4) is 0 Å². The number of anilines is 1. The maximum atomic E-state index is 12.7. The number of carboxylic acids is 1. The fraction of sp³-hybridized carbons (Fsp3) is 0.760. The van der Waals surface area contributed by atoms with E-state index in [1.165, 1.54) is 11.8 Å². The first-order valence-corrected chi connectivity index (χ1v) is 20.4. The van der Waals surface area contributed by atoms with Crippen molar-refractivity contribution in [2.24, 2.45) is 0 Å². The Morgan fingerprint density at radius 1 is 1.05 bits per heavy atom. The van der Waals surface area contributed by atoms with Gasteiger partial charge in [-0.1, -0.05) is 41.5 Å². The van der Waals surface area contributed by atoms with E-state index in [9.17, 15) is 9.90 Å². The zero-order valence-electron chi connectivity index (χ0n) is 24.1. The lowest BCUT2D eigenvalue weighted by Gasteiger charge is -2.44. The van der Waals surface area contributed by atoms with E-state index < -0.39 is 45.4 Å². The monoisotopic (exact) mass is 599 g/mol. The van der Waals surface area contributed by atoms with Gasteiger partial charge in [-0.05, 0) is 60.7 Å². The second-order valence-corrected chi connectivity index (χ2v) is 24.7. The fourth-order valence-corrected chi connectivity index (χ4v) is 8.34. The van der Waals surface area contributed by atoms with Crippen LogP contribution in [0.25, 0.3) is 11.2 Å². The molecule has 0 aromatic carbocycles. The van der Waals surface area contributed by atoms with Gasteiger partial charge >= 0.3 is 5.97 Å². The van der Waals surface area contributed by atoms with E-state index in [0.29, 0.717) is 23.0 Å². The number of hydrogen-bond donors (Lipinski definition) is 2. The van der Waals surface area contributed by atoms with Crippen LogP contribution in [0.2, 0.25) is 41.5 Å². The van der Waals surface area contributed by atoms with Gasteiger partial charge < -0.3 is 19.3 Å². The lowest BCUT2D eigenvalue weighted by atomic mass is 10.1. The second-order valence-electron chi connectivity index (χ2n) is 13.6. The number of aliphatic carboxylic acids is 1. The first-order chi connectivity index (χ1) is 17.3. The average molecular weight is 600 g/mol. The third kappa shape index (κ3) is 5.80. The Morgan fingerprint density at radius 2 is 1.61 bits per heavy atom. The van der Waals surface area contributed by atoms with Crippen molar-refractivity contribution < 1.29 is 18.8 Å². The van der Waals surface area contributed by atoms with Crippen molar-refractivity contribution in [3.8, 4) is 0 Å². The molecule has 4 atom stereocenters. The molecule has 2 fully saturated rings. The Balaban J connectivity index is 1.83. The van der Waals surface area contributed by atoms with Gasteiger partial charge in [0.2, 0.25) is 5.28 Å². The molecule has 38 heavy (non-hydrogen) atoms. The molecule has 2 aromatic rings. The number of nitrogens with zero attached hydrogens (tertiary/aromatic N) is 4. The molecule has 1 aliphatic carbocycles. The van der Waals surface area contributed by atoms with E-state index in [2.05, 4.69) is 88.0 Å². The van der Waals surface area contributed by atoms with E-state index in [4.69, 9.17) is 20.5 Å². The molecule has 0 bridgehead atoms. The van der Waals surface area contributed by atoms with Crippen LogP contribution < -0.4 is 5.32 Å². The number of thioether (sulfide) groups is 1. The molecule has 2 aromatic heterocycles. The molecule has 1 saturated carbocycles. The first kappa shape index (κ1) is 29.8. The summed E-state index contributed by atoms with van der Waals surface area (Å²) in [7, 11) is -4.67. The van der Waals surface area contributed by atoms with Gasteiger partial charge in [-0.15, -0.1) is 11.8 Å². The van der Waals surface area contributed by atoms with E-state index in [-0.39, 0.29) is 15.4 Å². The Hall–Kier alpha value is -1.19. The minimum Gasteiger partial charge on any atom is -0.480 e. The highest BCUT2D eigenvalue weighted by Gasteiger charge is 2.56. The number of carbonyl (C=O) groups is 1. The molecule has 1 aliphatic heterocycles. The van der Waals surface area contributed by atoms with Gasteiger partial charge in [-0.3, -0.25) is 9.36 Å². The summed E-state index contributed by atoms with van der Waals surface area (Å²) in [4.78, 5) is 26.2. The molecular formula is C25H42ClN5O4SSi2. The van der Waals surface area contributed by atoms with Crippen LogP contribution in [0.4, 0.5) is 5.82 Å². The highest BCUT2D eigenvalue weighted by molar-refractivity contribution is 8.01. The number of nitrogens with one attached hydrogen (secondary N) is 1. The summed E-state index contributed by atoms with van der Waals surface area (Å²) in [6, 6.07) is 0.364. The Morgan fingerprint density at radius 3 is 2.11 bits per heavy atom. The van der Waals surface area contributed by atoms with Crippen LogP contribution in [-0.2, 0) is 13.6 Å². The van der Waals surface area contributed by atoms with Crippen LogP contribution in [0.1, 0.15) is 59.8 Å². The first-order valence-electron chi connectivity index (χ1n) is 13.2. The van der Waals surface area contributed by atoms with Gasteiger partial charge in [0.25, 0.3) is 0 Å². The maximum absolute atomic E-state index is 12.7. The quantitative estimate of drug-likeness (QED) is 0.258. The van der Waals surface area contributed by atoms with Gasteiger partial charge in [0.05, 0.1) is 12.4 Å². The summed E-state index contributed by atoms with van der Waals surface area (Å²) in [5.74, 6) is -0.298. The molecule has 13 heteroatoms. The highest BCUT2D eigenvalue weighted by Crippen LogP contribution is 2.51. The zero-order valence-corrected chi connectivity index (χ0v) is 27.7. The molecule has 4 rings (SSSR count). The van der Waals surface area contributed by atoms with Crippen molar-refractivity contribution >= 4 is 62.9 Å². The van der Waals surface area contributed by atoms with Crippen molar-refractivity contribution in [2.75, 3.05) is 5.32 Å². The summed E-state index contributed by atoms with van der Waals surface area (Å²) >= 11 is 7.71. The molecule has 9 nitrogen and oxygen atoms in total. The zero-order chi connectivity index (χ0) is 28.4. The Bertz CT molecular complexity index is 1210. The van der Waals surface area contributed by atoms with E-state index in [1.54, 1.807) is 6.33 Å². The predicted molar refractivity (Wildman–Crippen MR) is 159 cm³/mol. The van der Waals surface area contributed by atoms with E-state index in [0.717, 1.165) is 12.8 Å². The van der Waals surface area contributed by atoms with Crippen molar-refractivity contribution in [2.45, 2.75) is 120 Å². The molecule has 3 heterocycles. The van der Waals surface area contributed by atoms with Gasteiger partial charge in [0.15, 0.2) is 33.6 Å². The van der Waals surface area contributed by atoms with E-state index >= 15 is 0 Å². The summed E-state index contributed by atoms with van der Waals surface area (Å²) < 4.78 is 15.8. The summed E-state index contributed by atoms with van der Waals surface area (Å²) in [6.45, 7) is 21.7. The number of rotatable bonds is 8. The summed E-state index contributed by atoms with van der Waals surface area (Å²) in [6.07, 6.45) is 2.73. The van der Waals surface area contributed by atoms with Crippen molar-refractivity contribution in [3.63, 3.8) is 0 Å². The molecule has 0 amide bonds. The molecule has 0 unspecified atom stereocenters. The lowest BCUT2D eigenvalue weighted by Crippen LogP contribution is -2.54. The number of hydrogen-bond acceptors (Lipinski definition) is 8.